The second-order valence-corrected chi connectivity index (χ2v) is 6.77. The predicted octanol–water partition coefficient (Wildman–Crippen LogP) is 2.30. The zero-order valence-electron chi connectivity index (χ0n) is 15.7. The minimum atomic E-state index is -0.228. The average molecular weight is 358 g/mol. The number of hydrogen-bond donors (Lipinski definition) is 0. The van der Waals surface area contributed by atoms with Crippen LogP contribution in [-0.2, 0) is 14.3 Å². The molecule has 2 aliphatic heterocycles. The van der Waals surface area contributed by atoms with Crippen molar-refractivity contribution in [3.63, 3.8) is 0 Å². The van der Waals surface area contributed by atoms with Crippen LogP contribution in [0.15, 0.2) is 30.0 Å². The fraction of sp³-hybridized carbons (Fsp3) is 0.500. The maximum atomic E-state index is 13.0. The van der Waals surface area contributed by atoms with E-state index in [-0.39, 0.29) is 17.9 Å². The van der Waals surface area contributed by atoms with Gasteiger partial charge >= 0.3 is 0 Å². The molecule has 140 valence electrons. The summed E-state index contributed by atoms with van der Waals surface area (Å²) in [5.74, 6) is 0.323. The van der Waals surface area contributed by atoms with E-state index in [1.165, 1.54) is 4.90 Å². The Labute approximate surface area is 154 Å². The summed E-state index contributed by atoms with van der Waals surface area (Å²) in [5.41, 5.74) is 1.72. The third-order valence-electron chi connectivity index (χ3n) is 4.55. The van der Waals surface area contributed by atoms with Gasteiger partial charge in [0.25, 0.3) is 11.8 Å². The van der Waals surface area contributed by atoms with E-state index in [4.69, 9.17) is 9.47 Å². The third-order valence-corrected chi connectivity index (χ3v) is 4.55. The van der Waals surface area contributed by atoms with Gasteiger partial charge in [-0.3, -0.25) is 14.5 Å². The Hall–Kier alpha value is -2.34. The molecule has 1 fully saturated rings. The second kappa shape index (κ2) is 7.91. The maximum Gasteiger partial charge on any atom is 0.278 e. The van der Waals surface area contributed by atoms with Crippen LogP contribution >= 0.6 is 0 Å². The lowest BCUT2D eigenvalue weighted by Crippen LogP contribution is -2.42. The van der Waals surface area contributed by atoms with Gasteiger partial charge in [0, 0.05) is 19.1 Å². The van der Waals surface area contributed by atoms with Gasteiger partial charge in [0.2, 0.25) is 0 Å². The molecule has 1 aromatic rings. The first-order valence-electron chi connectivity index (χ1n) is 9.22. The summed E-state index contributed by atoms with van der Waals surface area (Å²) in [6, 6.07) is 7.23. The molecule has 0 saturated carbocycles. The molecule has 2 heterocycles. The molecule has 2 amide bonds. The van der Waals surface area contributed by atoms with Gasteiger partial charge in [-0.1, -0.05) is 19.1 Å². The standard InChI is InChI=1S/C20H26N2O4/c1-4-11-26-16-7-5-15(6-8-16)17-18(21-9-12-25-13-10-21)20(24)22(14(2)3)19(17)23/h5-8,14H,4,9-13H2,1-3H3. The molecule has 0 bridgehead atoms. The summed E-state index contributed by atoms with van der Waals surface area (Å²) in [6.45, 7) is 8.77. The van der Waals surface area contributed by atoms with Gasteiger partial charge in [0.1, 0.15) is 11.4 Å². The Morgan fingerprint density at radius 2 is 1.73 bits per heavy atom. The Balaban J connectivity index is 1.99. The van der Waals surface area contributed by atoms with Crippen molar-refractivity contribution in [1.29, 1.82) is 0 Å². The van der Waals surface area contributed by atoms with Gasteiger partial charge in [0.05, 0.1) is 25.4 Å². The molecule has 0 atom stereocenters. The summed E-state index contributed by atoms with van der Waals surface area (Å²) in [7, 11) is 0. The van der Waals surface area contributed by atoms with Gasteiger partial charge in [-0.25, -0.2) is 0 Å². The number of carbonyl (C=O) groups is 2. The lowest BCUT2D eigenvalue weighted by atomic mass is 10.0. The van der Waals surface area contributed by atoms with Gasteiger partial charge in [0.15, 0.2) is 0 Å². The molecule has 0 radical (unpaired) electrons. The van der Waals surface area contributed by atoms with Crippen LogP contribution in [0.5, 0.6) is 5.75 Å². The van der Waals surface area contributed by atoms with Crippen LogP contribution < -0.4 is 4.74 Å². The SMILES string of the molecule is CCCOc1ccc(C2=C(N3CCOCC3)C(=O)N(C(C)C)C2=O)cc1. The second-order valence-electron chi connectivity index (χ2n) is 6.77. The fourth-order valence-electron chi connectivity index (χ4n) is 3.28. The molecule has 1 aromatic carbocycles. The third kappa shape index (κ3) is 3.46. The number of ether oxygens (including phenoxy) is 2. The Bertz CT molecular complexity index is 703. The van der Waals surface area contributed by atoms with Gasteiger partial charge in [-0.15, -0.1) is 0 Å². The van der Waals surface area contributed by atoms with E-state index >= 15 is 0 Å². The Morgan fingerprint density at radius 3 is 2.31 bits per heavy atom. The highest BCUT2D eigenvalue weighted by Crippen LogP contribution is 2.33. The number of rotatable bonds is 6. The average Bonchev–Trinajstić information content (AvgIpc) is 2.91. The summed E-state index contributed by atoms with van der Waals surface area (Å²) >= 11 is 0. The molecule has 0 spiro atoms. The van der Waals surface area contributed by atoms with Crippen molar-refractivity contribution in [2.75, 3.05) is 32.9 Å². The first-order chi connectivity index (χ1) is 12.5. The Kier molecular flexibility index (Phi) is 5.61. The smallest absolute Gasteiger partial charge is 0.278 e. The van der Waals surface area contributed by atoms with E-state index in [1.54, 1.807) is 0 Å². The number of morpholine rings is 1. The van der Waals surface area contributed by atoms with Crippen LogP contribution in [-0.4, -0.2) is 60.6 Å². The van der Waals surface area contributed by atoms with E-state index in [9.17, 15) is 9.59 Å². The van der Waals surface area contributed by atoms with Gasteiger partial charge in [-0.2, -0.15) is 0 Å². The maximum absolute atomic E-state index is 13.0. The van der Waals surface area contributed by atoms with E-state index < -0.39 is 0 Å². The van der Waals surface area contributed by atoms with E-state index in [1.807, 2.05) is 43.0 Å². The fourth-order valence-corrected chi connectivity index (χ4v) is 3.28. The zero-order valence-corrected chi connectivity index (χ0v) is 15.7. The number of carbonyl (C=O) groups excluding carboxylic acids is 2. The first kappa shape index (κ1) is 18.5. The number of hydrogen-bond acceptors (Lipinski definition) is 5. The lowest BCUT2D eigenvalue weighted by Gasteiger charge is -2.30. The number of imide groups is 1. The number of benzene rings is 1. The molecule has 1 saturated heterocycles. The summed E-state index contributed by atoms with van der Waals surface area (Å²) < 4.78 is 11.0. The van der Waals surface area contributed by atoms with Crippen molar-refractivity contribution in [2.45, 2.75) is 33.2 Å². The minimum absolute atomic E-state index is 0.185. The van der Waals surface area contributed by atoms with Crippen molar-refractivity contribution in [3.05, 3.63) is 35.5 Å². The minimum Gasteiger partial charge on any atom is -0.494 e. The van der Waals surface area contributed by atoms with E-state index in [2.05, 4.69) is 6.92 Å². The highest BCUT2D eigenvalue weighted by molar-refractivity contribution is 6.35. The molecule has 3 rings (SSSR count). The summed E-state index contributed by atoms with van der Waals surface area (Å²) in [4.78, 5) is 29.3. The molecule has 26 heavy (non-hydrogen) atoms. The number of amides is 2. The molecule has 2 aliphatic rings. The van der Waals surface area contributed by atoms with Crippen LogP contribution in [0.25, 0.3) is 5.57 Å². The highest BCUT2D eigenvalue weighted by Gasteiger charge is 2.42. The number of nitrogens with zero attached hydrogens (tertiary/aromatic N) is 2. The van der Waals surface area contributed by atoms with Crippen molar-refractivity contribution < 1.29 is 19.1 Å². The first-order valence-corrected chi connectivity index (χ1v) is 9.22. The largest absolute Gasteiger partial charge is 0.494 e. The van der Waals surface area contributed by atoms with Crippen LogP contribution in [0.4, 0.5) is 0 Å². The van der Waals surface area contributed by atoms with Crippen molar-refractivity contribution >= 4 is 17.4 Å². The monoisotopic (exact) mass is 358 g/mol. The lowest BCUT2D eigenvalue weighted by molar-refractivity contribution is -0.139. The van der Waals surface area contributed by atoms with Gasteiger partial charge < -0.3 is 14.4 Å². The molecule has 0 aromatic heterocycles. The van der Waals surface area contributed by atoms with Crippen LogP contribution in [0, 0.1) is 0 Å². The molecule has 6 nitrogen and oxygen atoms in total. The zero-order chi connectivity index (χ0) is 18.7. The molecule has 0 unspecified atom stereocenters. The van der Waals surface area contributed by atoms with Crippen LogP contribution in [0.2, 0.25) is 0 Å². The molecule has 0 aliphatic carbocycles. The molecule has 0 N–H and O–H groups in total. The quantitative estimate of drug-likeness (QED) is 0.731. The van der Waals surface area contributed by atoms with Crippen molar-refractivity contribution in [1.82, 2.24) is 9.80 Å². The Morgan fingerprint density at radius 1 is 1.08 bits per heavy atom. The van der Waals surface area contributed by atoms with Gasteiger partial charge in [-0.05, 0) is 38.0 Å². The van der Waals surface area contributed by atoms with Crippen molar-refractivity contribution in [3.8, 4) is 5.75 Å². The van der Waals surface area contributed by atoms with Crippen LogP contribution in [0.3, 0.4) is 0 Å². The molecular weight excluding hydrogens is 332 g/mol. The summed E-state index contributed by atoms with van der Waals surface area (Å²) in [5, 5.41) is 0. The van der Waals surface area contributed by atoms with Crippen molar-refractivity contribution in [2.24, 2.45) is 0 Å². The van der Waals surface area contributed by atoms with E-state index in [0.29, 0.717) is 44.2 Å². The molecule has 6 heteroatoms. The topological polar surface area (TPSA) is 59.1 Å². The predicted molar refractivity (Wildman–Crippen MR) is 98.5 cm³/mol. The summed E-state index contributed by atoms with van der Waals surface area (Å²) in [6.07, 6.45) is 0.935. The highest BCUT2D eigenvalue weighted by atomic mass is 16.5. The molecular formula is C20H26N2O4. The normalized spacial score (nSPS) is 18.3. The van der Waals surface area contributed by atoms with Crippen LogP contribution in [0.1, 0.15) is 32.8 Å². The van der Waals surface area contributed by atoms with E-state index in [0.717, 1.165) is 17.7 Å².